The molecule has 2 heterocycles. The number of sulfonamides is 1. The SMILES string of the molecule is C[C@@H]1CN([C@@H](C)CO)S(=O)(=O)c2ccc(-c3cncnc3)cc2O[C@H]1CN(C)C(=O)CN(C)C. The van der Waals surface area contributed by atoms with Crippen LogP contribution in [0.25, 0.3) is 11.1 Å². The van der Waals surface area contributed by atoms with Crippen molar-refractivity contribution >= 4 is 15.9 Å². The molecule has 1 N–H and O–H groups in total. The molecule has 1 aliphatic rings. The fraction of sp³-hybridized carbons (Fsp3) is 0.522. The summed E-state index contributed by atoms with van der Waals surface area (Å²) in [4.78, 5) is 24.1. The van der Waals surface area contributed by atoms with Gasteiger partial charge in [-0.2, -0.15) is 4.31 Å². The maximum atomic E-state index is 13.6. The fourth-order valence-corrected chi connectivity index (χ4v) is 5.66. The Morgan fingerprint density at radius 3 is 2.53 bits per heavy atom. The lowest BCUT2D eigenvalue weighted by Gasteiger charge is -2.37. The highest BCUT2D eigenvalue weighted by atomic mass is 32.2. The highest BCUT2D eigenvalue weighted by Gasteiger charge is 2.38. The summed E-state index contributed by atoms with van der Waals surface area (Å²) in [5.41, 5.74) is 1.43. The van der Waals surface area contributed by atoms with Crippen molar-refractivity contribution in [3.8, 4) is 16.9 Å². The number of likely N-dealkylation sites (N-methyl/N-ethyl adjacent to an activating group) is 2. The van der Waals surface area contributed by atoms with Crippen LogP contribution in [-0.2, 0) is 14.8 Å². The van der Waals surface area contributed by atoms with E-state index < -0.39 is 22.2 Å². The van der Waals surface area contributed by atoms with Crippen molar-refractivity contribution in [1.29, 1.82) is 0 Å². The molecule has 0 fully saturated rings. The molecule has 34 heavy (non-hydrogen) atoms. The lowest BCUT2D eigenvalue weighted by molar-refractivity contribution is -0.132. The molecule has 0 radical (unpaired) electrons. The molecule has 186 valence electrons. The van der Waals surface area contributed by atoms with Gasteiger partial charge < -0.3 is 19.6 Å². The summed E-state index contributed by atoms with van der Waals surface area (Å²) in [7, 11) is 1.42. The standard InChI is InChI=1S/C23H33N5O5S/c1-16-11-28(17(2)14-29)34(31,32)22-7-6-18(19-9-24-15-25-10-19)8-20(22)33-21(16)12-27(5)23(30)13-26(3)4/h6-10,15-17,21,29H,11-14H2,1-5H3/t16-,17+,21+/m1/s1. The van der Waals surface area contributed by atoms with Crippen LogP contribution in [0.1, 0.15) is 13.8 Å². The molecule has 1 aromatic carbocycles. The molecule has 11 heteroatoms. The number of ether oxygens (including phenoxy) is 1. The lowest BCUT2D eigenvalue weighted by Crippen LogP contribution is -2.50. The number of carbonyl (C=O) groups excluding carboxylic acids is 1. The van der Waals surface area contributed by atoms with Crippen molar-refractivity contribution in [1.82, 2.24) is 24.1 Å². The zero-order chi connectivity index (χ0) is 25.0. The van der Waals surface area contributed by atoms with Crippen molar-refractivity contribution in [2.45, 2.75) is 30.9 Å². The zero-order valence-electron chi connectivity index (χ0n) is 20.2. The van der Waals surface area contributed by atoms with E-state index in [-0.39, 0.29) is 48.7 Å². The largest absolute Gasteiger partial charge is 0.487 e. The summed E-state index contributed by atoms with van der Waals surface area (Å²) in [6, 6.07) is 4.25. The molecular weight excluding hydrogens is 458 g/mol. The molecule has 0 saturated heterocycles. The van der Waals surface area contributed by atoms with Gasteiger partial charge in [0.2, 0.25) is 15.9 Å². The van der Waals surface area contributed by atoms with E-state index in [9.17, 15) is 18.3 Å². The summed E-state index contributed by atoms with van der Waals surface area (Å²) in [5, 5.41) is 9.77. The van der Waals surface area contributed by atoms with Gasteiger partial charge in [-0.3, -0.25) is 4.79 Å². The second-order valence-electron chi connectivity index (χ2n) is 9.04. The van der Waals surface area contributed by atoms with E-state index in [1.807, 2.05) is 21.0 Å². The number of aromatic nitrogens is 2. The highest BCUT2D eigenvalue weighted by Crippen LogP contribution is 2.36. The number of amides is 1. The predicted octanol–water partition coefficient (Wildman–Crippen LogP) is 0.932. The second kappa shape index (κ2) is 10.8. The van der Waals surface area contributed by atoms with E-state index >= 15 is 0 Å². The van der Waals surface area contributed by atoms with Gasteiger partial charge in [0, 0.05) is 43.5 Å². The van der Waals surface area contributed by atoms with Crippen molar-refractivity contribution in [2.24, 2.45) is 5.92 Å². The Morgan fingerprint density at radius 2 is 1.91 bits per heavy atom. The molecule has 10 nitrogen and oxygen atoms in total. The van der Waals surface area contributed by atoms with Crippen molar-refractivity contribution in [3.05, 3.63) is 36.9 Å². The Hall–Kier alpha value is -2.60. The first-order valence-corrected chi connectivity index (χ1v) is 12.6. The minimum atomic E-state index is -3.94. The van der Waals surface area contributed by atoms with Crippen molar-refractivity contribution in [2.75, 3.05) is 47.4 Å². The van der Waals surface area contributed by atoms with Gasteiger partial charge in [0.15, 0.2) is 0 Å². The summed E-state index contributed by atoms with van der Waals surface area (Å²) in [6.45, 7) is 3.94. The van der Waals surface area contributed by atoms with E-state index in [1.165, 1.54) is 16.7 Å². The summed E-state index contributed by atoms with van der Waals surface area (Å²) in [5.74, 6) is -0.122. The van der Waals surface area contributed by atoms with Crippen LogP contribution in [-0.4, -0.2) is 103 Å². The van der Waals surface area contributed by atoms with E-state index in [0.29, 0.717) is 5.56 Å². The van der Waals surface area contributed by atoms with Gasteiger partial charge in [0.05, 0.1) is 19.7 Å². The Bertz CT molecular complexity index is 1100. The Kier molecular flexibility index (Phi) is 8.24. The molecule has 2 aromatic rings. The molecule has 1 amide bonds. The molecule has 1 aliphatic heterocycles. The van der Waals surface area contributed by atoms with Gasteiger partial charge in [-0.15, -0.1) is 0 Å². The maximum Gasteiger partial charge on any atom is 0.247 e. The molecule has 0 bridgehead atoms. The quantitative estimate of drug-likeness (QED) is 0.608. The van der Waals surface area contributed by atoms with Crippen LogP contribution in [0.3, 0.4) is 0 Å². The highest BCUT2D eigenvalue weighted by molar-refractivity contribution is 7.89. The predicted molar refractivity (Wildman–Crippen MR) is 128 cm³/mol. The first-order chi connectivity index (χ1) is 16.0. The van der Waals surface area contributed by atoms with E-state index in [4.69, 9.17) is 4.74 Å². The molecule has 3 rings (SSSR count). The van der Waals surface area contributed by atoms with Crippen LogP contribution in [0.4, 0.5) is 0 Å². The van der Waals surface area contributed by atoms with Crippen LogP contribution in [0, 0.1) is 5.92 Å². The smallest absolute Gasteiger partial charge is 0.247 e. The average molecular weight is 492 g/mol. The number of nitrogens with zero attached hydrogens (tertiary/aromatic N) is 5. The van der Waals surface area contributed by atoms with E-state index in [1.54, 1.807) is 48.3 Å². The Morgan fingerprint density at radius 1 is 1.24 bits per heavy atom. The van der Waals surface area contributed by atoms with Gasteiger partial charge in [-0.05, 0) is 38.7 Å². The normalized spacial score (nSPS) is 21.1. The third-order valence-corrected chi connectivity index (χ3v) is 7.91. The molecule has 0 spiro atoms. The number of benzene rings is 1. The van der Waals surface area contributed by atoms with Crippen LogP contribution in [0.15, 0.2) is 41.8 Å². The number of carbonyl (C=O) groups is 1. The summed E-state index contributed by atoms with van der Waals surface area (Å²) >= 11 is 0. The molecule has 0 unspecified atom stereocenters. The van der Waals surface area contributed by atoms with Crippen molar-refractivity contribution < 1.29 is 23.1 Å². The van der Waals surface area contributed by atoms with Crippen LogP contribution >= 0.6 is 0 Å². The number of aliphatic hydroxyl groups excluding tert-OH is 1. The van der Waals surface area contributed by atoms with Crippen LogP contribution in [0.2, 0.25) is 0 Å². The van der Waals surface area contributed by atoms with Gasteiger partial charge in [0.1, 0.15) is 23.1 Å². The van der Waals surface area contributed by atoms with E-state index in [0.717, 1.165) is 5.56 Å². The molecular formula is C23H33N5O5S. The molecule has 0 saturated carbocycles. The first-order valence-electron chi connectivity index (χ1n) is 11.1. The number of aliphatic hydroxyl groups is 1. The fourth-order valence-electron chi connectivity index (χ4n) is 3.83. The van der Waals surface area contributed by atoms with E-state index in [2.05, 4.69) is 9.97 Å². The summed E-state index contributed by atoms with van der Waals surface area (Å²) in [6.07, 6.45) is 4.23. The second-order valence-corrected chi connectivity index (χ2v) is 10.9. The van der Waals surface area contributed by atoms with Crippen LogP contribution < -0.4 is 4.74 Å². The van der Waals surface area contributed by atoms with Gasteiger partial charge >= 0.3 is 0 Å². The number of fused-ring (bicyclic) bond motifs is 1. The monoisotopic (exact) mass is 491 g/mol. The molecule has 1 aromatic heterocycles. The third kappa shape index (κ3) is 5.72. The maximum absolute atomic E-state index is 13.6. The lowest BCUT2D eigenvalue weighted by atomic mass is 10.0. The number of hydrogen-bond acceptors (Lipinski definition) is 8. The van der Waals surface area contributed by atoms with Crippen LogP contribution in [0.5, 0.6) is 5.75 Å². The summed E-state index contributed by atoms with van der Waals surface area (Å²) < 4.78 is 34.8. The van der Waals surface area contributed by atoms with Gasteiger partial charge in [-0.25, -0.2) is 18.4 Å². The number of hydrogen-bond donors (Lipinski definition) is 1. The minimum absolute atomic E-state index is 0.0209. The van der Waals surface area contributed by atoms with Crippen molar-refractivity contribution in [3.63, 3.8) is 0 Å². The number of rotatable bonds is 7. The minimum Gasteiger partial charge on any atom is -0.487 e. The first kappa shape index (κ1) is 26.0. The van der Waals surface area contributed by atoms with Gasteiger partial charge in [-0.1, -0.05) is 13.0 Å². The van der Waals surface area contributed by atoms with Gasteiger partial charge in [0.25, 0.3) is 0 Å². The average Bonchev–Trinajstić information content (AvgIpc) is 2.80. The molecule has 0 aliphatic carbocycles. The topological polar surface area (TPSA) is 116 Å². The molecule has 3 atom stereocenters. The zero-order valence-corrected chi connectivity index (χ0v) is 21.1. The Balaban J connectivity index is 2.06. The third-order valence-electron chi connectivity index (χ3n) is 5.89. The Labute approximate surface area is 201 Å².